The van der Waals surface area contributed by atoms with Crippen LogP contribution in [0.5, 0.6) is 0 Å². The molecule has 104 valence electrons. The Morgan fingerprint density at radius 3 is 2.80 bits per heavy atom. The Labute approximate surface area is 116 Å². The van der Waals surface area contributed by atoms with Gasteiger partial charge in [-0.25, -0.2) is 9.18 Å². The molecule has 2 N–H and O–H groups in total. The van der Waals surface area contributed by atoms with Crippen molar-refractivity contribution in [2.75, 3.05) is 6.54 Å². The highest BCUT2D eigenvalue weighted by Gasteiger charge is 2.09. The van der Waals surface area contributed by atoms with Gasteiger partial charge in [0.1, 0.15) is 5.82 Å². The highest BCUT2D eigenvalue weighted by Crippen LogP contribution is 2.10. The van der Waals surface area contributed by atoms with Crippen LogP contribution in [0.25, 0.3) is 0 Å². The predicted molar refractivity (Wildman–Crippen MR) is 73.0 cm³/mol. The summed E-state index contributed by atoms with van der Waals surface area (Å²) >= 11 is 0. The molecular weight excluding hydrogens is 259 g/mol. The lowest BCUT2D eigenvalue weighted by Gasteiger charge is -2.06. The van der Waals surface area contributed by atoms with E-state index in [-0.39, 0.29) is 5.56 Å². The minimum Gasteiger partial charge on any atom is -0.478 e. The molecule has 5 heteroatoms. The third-order valence-corrected chi connectivity index (χ3v) is 2.91. The summed E-state index contributed by atoms with van der Waals surface area (Å²) in [5.74, 6) is -1.96. The van der Waals surface area contributed by atoms with E-state index < -0.39 is 11.8 Å². The zero-order valence-corrected chi connectivity index (χ0v) is 10.8. The number of halogens is 1. The maximum absolute atomic E-state index is 13.5. The molecule has 0 aliphatic heterocycles. The Kier molecular flexibility index (Phi) is 4.79. The number of hydrogen-bond donors (Lipinski definition) is 2. The zero-order chi connectivity index (χ0) is 14.4. The second kappa shape index (κ2) is 6.77. The Balaban J connectivity index is 1.83. The first-order valence-electron chi connectivity index (χ1n) is 6.28. The van der Waals surface area contributed by atoms with Crippen molar-refractivity contribution in [2.45, 2.75) is 13.0 Å². The van der Waals surface area contributed by atoms with E-state index in [0.717, 1.165) is 24.1 Å². The molecule has 0 saturated heterocycles. The van der Waals surface area contributed by atoms with Crippen LogP contribution in [0.3, 0.4) is 0 Å². The smallest absolute Gasteiger partial charge is 0.338 e. The number of carboxylic acid groups (broad SMARTS) is 1. The zero-order valence-electron chi connectivity index (χ0n) is 10.8. The van der Waals surface area contributed by atoms with Crippen LogP contribution in [0.15, 0.2) is 42.7 Å². The fourth-order valence-electron chi connectivity index (χ4n) is 1.85. The number of carboxylic acids is 1. The number of hydrogen-bond acceptors (Lipinski definition) is 3. The number of rotatable bonds is 6. The molecule has 2 rings (SSSR count). The summed E-state index contributed by atoms with van der Waals surface area (Å²) in [6, 6.07) is 8.03. The minimum atomic E-state index is -1.25. The van der Waals surface area contributed by atoms with Gasteiger partial charge < -0.3 is 10.4 Å². The quantitative estimate of drug-likeness (QED) is 0.793. The Morgan fingerprint density at radius 1 is 1.30 bits per heavy atom. The number of aromatic carboxylic acids is 1. The van der Waals surface area contributed by atoms with Crippen molar-refractivity contribution in [3.63, 3.8) is 0 Å². The van der Waals surface area contributed by atoms with Gasteiger partial charge in [-0.15, -0.1) is 0 Å². The van der Waals surface area contributed by atoms with Gasteiger partial charge in [0, 0.05) is 18.9 Å². The summed E-state index contributed by atoms with van der Waals surface area (Å²) in [7, 11) is 0. The number of nitrogens with zero attached hydrogens (tertiary/aromatic N) is 1. The molecule has 0 aliphatic rings. The highest BCUT2D eigenvalue weighted by atomic mass is 19.1. The van der Waals surface area contributed by atoms with Crippen LogP contribution in [0, 0.1) is 5.82 Å². The molecule has 0 fully saturated rings. The number of carbonyl (C=O) groups is 1. The SMILES string of the molecule is O=C(O)c1ccc(CNCCc2cccnc2)cc1F. The third-order valence-electron chi connectivity index (χ3n) is 2.91. The van der Waals surface area contributed by atoms with E-state index in [9.17, 15) is 9.18 Å². The molecule has 0 radical (unpaired) electrons. The molecule has 1 aromatic carbocycles. The highest BCUT2D eigenvalue weighted by molar-refractivity contribution is 5.87. The molecule has 0 unspecified atom stereocenters. The first kappa shape index (κ1) is 14.1. The van der Waals surface area contributed by atoms with Gasteiger partial charge in [0.2, 0.25) is 0 Å². The van der Waals surface area contributed by atoms with Crippen LogP contribution in [0.4, 0.5) is 4.39 Å². The third kappa shape index (κ3) is 3.86. The van der Waals surface area contributed by atoms with E-state index in [1.54, 1.807) is 12.3 Å². The van der Waals surface area contributed by atoms with Crippen molar-refractivity contribution in [1.29, 1.82) is 0 Å². The number of aromatic nitrogens is 1. The molecule has 1 heterocycles. The van der Waals surface area contributed by atoms with E-state index in [4.69, 9.17) is 5.11 Å². The summed E-state index contributed by atoms with van der Waals surface area (Å²) < 4.78 is 13.5. The largest absolute Gasteiger partial charge is 0.478 e. The minimum absolute atomic E-state index is 0.302. The first-order valence-corrected chi connectivity index (χ1v) is 6.28. The van der Waals surface area contributed by atoms with Gasteiger partial charge >= 0.3 is 5.97 Å². The van der Waals surface area contributed by atoms with E-state index in [1.165, 1.54) is 12.1 Å². The maximum atomic E-state index is 13.5. The first-order chi connectivity index (χ1) is 9.66. The topological polar surface area (TPSA) is 62.2 Å². The lowest BCUT2D eigenvalue weighted by molar-refractivity contribution is 0.0692. The number of nitrogens with one attached hydrogen (secondary N) is 1. The standard InChI is InChI=1S/C15H15FN2O2/c16-14-8-12(3-4-13(14)15(19)20)10-18-7-5-11-2-1-6-17-9-11/h1-4,6,8-9,18H,5,7,10H2,(H,19,20). The molecule has 0 spiro atoms. The predicted octanol–water partition coefficient (Wildman–Crippen LogP) is 2.25. The van der Waals surface area contributed by atoms with Crippen LogP contribution >= 0.6 is 0 Å². The second-order valence-corrected chi connectivity index (χ2v) is 4.41. The van der Waals surface area contributed by atoms with Crippen LogP contribution < -0.4 is 5.32 Å². The van der Waals surface area contributed by atoms with Crippen LogP contribution in [-0.4, -0.2) is 22.6 Å². The molecule has 0 aliphatic carbocycles. The van der Waals surface area contributed by atoms with E-state index >= 15 is 0 Å². The molecule has 1 aromatic heterocycles. The van der Waals surface area contributed by atoms with E-state index in [2.05, 4.69) is 10.3 Å². The van der Waals surface area contributed by atoms with Crippen molar-refractivity contribution in [3.05, 3.63) is 65.2 Å². The van der Waals surface area contributed by atoms with Crippen molar-refractivity contribution in [2.24, 2.45) is 0 Å². The van der Waals surface area contributed by atoms with Gasteiger partial charge in [0.25, 0.3) is 0 Å². The van der Waals surface area contributed by atoms with Crippen molar-refractivity contribution >= 4 is 5.97 Å². The molecule has 0 amide bonds. The molecule has 0 bridgehead atoms. The monoisotopic (exact) mass is 274 g/mol. The average Bonchev–Trinajstić information content (AvgIpc) is 2.44. The van der Waals surface area contributed by atoms with E-state index in [0.29, 0.717) is 6.54 Å². The molecule has 0 atom stereocenters. The van der Waals surface area contributed by atoms with Gasteiger partial charge in [-0.2, -0.15) is 0 Å². The number of pyridine rings is 1. The van der Waals surface area contributed by atoms with Crippen LogP contribution in [-0.2, 0) is 13.0 Å². The summed E-state index contributed by atoms with van der Waals surface area (Å²) in [5, 5.41) is 11.9. The Hall–Kier alpha value is -2.27. The van der Waals surface area contributed by atoms with Gasteiger partial charge in [-0.1, -0.05) is 12.1 Å². The van der Waals surface area contributed by atoms with Crippen LogP contribution in [0.2, 0.25) is 0 Å². The lowest BCUT2D eigenvalue weighted by atomic mass is 10.1. The summed E-state index contributed by atoms with van der Waals surface area (Å²) in [5.41, 5.74) is 1.55. The Morgan fingerprint density at radius 2 is 2.15 bits per heavy atom. The molecule has 4 nitrogen and oxygen atoms in total. The summed E-state index contributed by atoms with van der Waals surface area (Å²) in [6.07, 6.45) is 4.37. The van der Waals surface area contributed by atoms with Gasteiger partial charge in [-0.05, 0) is 42.3 Å². The molecular formula is C15H15FN2O2. The molecule has 20 heavy (non-hydrogen) atoms. The molecule has 0 saturated carbocycles. The average molecular weight is 274 g/mol. The van der Waals surface area contributed by atoms with Gasteiger partial charge in [0.15, 0.2) is 0 Å². The number of benzene rings is 1. The summed E-state index contributed by atoms with van der Waals surface area (Å²) in [4.78, 5) is 14.7. The fraction of sp³-hybridized carbons (Fsp3) is 0.200. The van der Waals surface area contributed by atoms with Gasteiger partial charge in [-0.3, -0.25) is 4.98 Å². The normalized spacial score (nSPS) is 10.4. The second-order valence-electron chi connectivity index (χ2n) is 4.41. The lowest BCUT2D eigenvalue weighted by Crippen LogP contribution is -2.17. The Bertz CT molecular complexity index is 588. The fourth-order valence-corrected chi connectivity index (χ4v) is 1.85. The summed E-state index contributed by atoms with van der Waals surface area (Å²) in [6.45, 7) is 1.24. The van der Waals surface area contributed by atoms with Crippen molar-refractivity contribution in [1.82, 2.24) is 10.3 Å². The van der Waals surface area contributed by atoms with Crippen molar-refractivity contribution in [3.8, 4) is 0 Å². The van der Waals surface area contributed by atoms with Crippen LogP contribution in [0.1, 0.15) is 21.5 Å². The molecule has 2 aromatic rings. The van der Waals surface area contributed by atoms with Gasteiger partial charge in [0.05, 0.1) is 5.56 Å². The van der Waals surface area contributed by atoms with Crippen molar-refractivity contribution < 1.29 is 14.3 Å². The maximum Gasteiger partial charge on any atom is 0.338 e. The van der Waals surface area contributed by atoms with E-state index in [1.807, 2.05) is 18.3 Å².